The maximum Gasteiger partial charge on any atom is 0.255 e. The van der Waals surface area contributed by atoms with Crippen LogP contribution in [0.1, 0.15) is 28.4 Å². The maximum absolute atomic E-state index is 12.8. The second-order valence-electron chi connectivity index (χ2n) is 6.70. The summed E-state index contributed by atoms with van der Waals surface area (Å²) in [5, 5.41) is 2.77. The van der Waals surface area contributed by atoms with Gasteiger partial charge in [-0.05, 0) is 61.4 Å². The van der Waals surface area contributed by atoms with E-state index < -0.39 is 15.9 Å². The Morgan fingerprint density at radius 3 is 2.33 bits per heavy atom. The molecule has 3 aromatic carbocycles. The standard InChI is InChI=1S/C23H24N2O4S/c1-3-29-21-13-11-20(12-14-21)25-23(26)19-10-9-17(2)22(15-19)30(27,28)24-16-18-7-5-4-6-8-18/h4-15,24H,3,16H2,1-2H3,(H,25,26). The first kappa shape index (κ1) is 21.5. The second-order valence-corrected chi connectivity index (χ2v) is 8.44. The van der Waals surface area contributed by atoms with E-state index in [2.05, 4.69) is 10.0 Å². The summed E-state index contributed by atoms with van der Waals surface area (Å²) in [6, 6.07) is 20.9. The fraction of sp³-hybridized carbons (Fsp3) is 0.174. The molecule has 1 amide bonds. The molecule has 0 fully saturated rings. The number of ether oxygens (including phenoxy) is 1. The quantitative estimate of drug-likeness (QED) is 0.570. The molecule has 0 bridgehead atoms. The molecule has 0 aliphatic carbocycles. The van der Waals surface area contributed by atoms with Crippen LogP contribution in [0.5, 0.6) is 5.75 Å². The van der Waals surface area contributed by atoms with E-state index in [0.717, 1.165) is 5.56 Å². The molecule has 0 aliphatic heterocycles. The van der Waals surface area contributed by atoms with Crippen molar-refractivity contribution < 1.29 is 17.9 Å². The van der Waals surface area contributed by atoms with Crippen molar-refractivity contribution in [2.24, 2.45) is 0 Å². The van der Waals surface area contributed by atoms with Crippen LogP contribution < -0.4 is 14.8 Å². The Hall–Kier alpha value is -3.16. The van der Waals surface area contributed by atoms with Crippen molar-refractivity contribution >= 4 is 21.6 Å². The number of amides is 1. The molecule has 0 saturated heterocycles. The average Bonchev–Trinajstić information content (AvgIpc) is 2.75. The van der Waals surface area contributed by atoms with Gasteiger partial charge < -0.3 is 10.1 Å². The molecule has 0 heterocycles. The molecule has 30 heavy (non-hydrogen) atoms. The van der Waals surface area contributed by atoms with E-state index in [-0.39, 0.29) is 17.0 Å². The van der Waals surface area contributed by atoms with Crippen molar-refractivity contribution in [3.8, 4) is 5.75 Å². The van der Waals surface area contributed by atoms with Crippen LogP contribution in [-0.4, -0.2) is 20.9 Å². The van der Waals surface area contributed by atoms with Crippen LogP contribution >= 0.6 is 0 Å². The first-order valence-electron chi connectivity index (χ1n) is 9.57. The third kappa shape index (κ3) is 5.46. The zero-order chi connectivity index (χ0) is 21.6. The number of carbonyl (C=O) groups is 1. The predicted octanol–water partition coefficient (Wildman–Crippen LogP) is 4.12. The topological polar surface area (TPSA) is 84.5 Å². The van der Waals surface area contributed by atoms with Gasteiger partial charge in [-0.25, -0.2) is 13.1 Å². The normalized spacial score (nSPS) is 11.1. The fourth-order valence-electron chi connectivity index (χ4n) is 2.89. The summed E-state index contributed by atoms with van der Waals surface area (Å²) >= 11 is 0. The highest BCUT2D eigenvalue weighted by atomic mass is 32.2. The second kappa shape index (κ2) is 9.56. The van der Waals surface area contributed by atoms with E-state index in [0.29, 0.717) is 23.6 Å². The van der Waals surface area contributed by atoms with Gasteiger partial charge in [0.2, 0.25) is 10.0 Å². The zero-order valence-corrected chi connectivity index (χ0v) is 17.7. The Bertz CT molecular complexity index is 1110. The van der Waals surface area contributed by atoms with Crippen molar-refractivity contribution in [3.05, 3.63) is 89.5 Å². The van der Waals surface area contributed by atoms with E-state index in [1.807, 2.05) is 37.3 Å². The molecule has 0 aromatic heterocycles. The van der Waals surface area contributed by atoms with Crippen molar-refractivity contribution in [3.63, 3.8) is 0 Å². The molecule has 0 saturated carbocycles. The molecule has 7 heteroatoms. The van der Waals surface area contributed by atoms with Gasteiger partial charge in [-0.15, -0.1) is 0 Å². The van der Waals surface area contributed by atoms with Gasteiger partial charge in [0.15, 0.2) is 0 Å². The number of benzene rings is 3. The van der Waals surface area contributed by atoms with Crippen molar-refractivity contribution in [1.82, 2.24) is 4.72 Å². The molecule has 0 aliphatic rings. The van der Waals surface area contributed by atoms with E-state index in [1.54, 1.807) is 43.3 Å². The number of sulfonamides is 1. The molecule has 2 N–H and O–H groups in total. The van der Waals surface area contributed by atoms with Crippen LogP contribution in [0.25, 0.3) is 0 Å². The largest absolute Gasteiger partial charge is 0.494 e. The molecule has 3 aromatic rings. The first-order valence-corrected chi connectivity index (χ1v) is 11.1. The maximum atomic E-state index is 12.8. The number of hydrogen-bond acceptors (Lipinski definition) is 4. The number of anilines is 1. The van der Waals surface area contributed by atoms with Gasteiger partial charge >= 0.3 is 0 Å². The van der Waals surface area contributed by atoms with Gasteiger partial charge in [0, 0.05) is 17.8 Å². The lowest BCUT2D eigenvalue weighted by molar-refractivity contribution is 0.102. The first-order chi connectivity index (χ1) is 14.4. The number of rotatable bonds is 8. The van der Waals surface area contributed by atoms with Crippen LogP contribution in [0.2, 0.25) is 0 Å². The molecule has 0 unspecified atom stereocenters. The lowest BCUT2D eigenvalue weighted by Gasteiger charge is -2.12. The van der Waals surface area contributed by atoms with Gasteiger partial charge in [0.05, 0.1) is 11.5 Å². The number of nitrogens with one attached hydrogen (secondary N) is 2. The van der Waals surface area contributed by atoms with Gasteiger partial charge in [-0.2, -0.15) is 0 Å². The van der Waals surface area contributed by atoms with Gasteiger partial charge in [0.25, 0.3) is 5.91 Å². The van der Waals surface area contributed by atoms with Gasteiger partial charge in [-0.1, -0.05) is 36.4 Å². The summed E-state index contributed by atoms with van der Waals surface area (Å²) in [5.74, 6) is 0.322. The summed E-state index contributed by atoms with van der Waals surface area (Å²) in [7, 11) is -3.78. The average molecular weight is 425 g/mol. The van der Waals surface area contributed by atoms with Crippen LogP contribution in [0.3, 0.4) is 0 Å². The molecule has 6 nitrogen and oxygen atoms in total. The summed E-state index contributed by atoms with van der Waals surface area (Å²) in [6.07, 6.45) is 0. The minimum Gasteiger partial charge on any atom is -0.494 e. The molecule has 3 rings (SSSR count). The monoisotopic (exact) mass is 424 g/mol. The lowest BCUT2D eigenvalue weighted by atomic mass is 10.1. The Kier molecular flexibility index (Phi) is 6.87. The highest BCUT2D eigenvalue weighted by Gasteiger charge is 2.19. The van der Waals surface area contributed by atoms with Gasteiger partial charge in [-0.3, -0.25) is 4.79 Å². The summed E-state index contributed by atoms with van der Waals surface area (Å²) < 4.78 is 33.6. The van der Waals surface area contributed by atoms with Crippen molar-refractivity contribution in [1.29, 1.82) is 0 Å². The van der Waals surface area contributed by atoms with E-state index >= 15 is 0 Å². The molecule has 0 atom stereocenters. The highest BCUT2D eigenvalue weighted by molar-refractivity contribution is 7.89. The SMILES string of the molecule is CCOc1ccc(NC(=O)c2ccc(C)c(S(=O)(=O)NCc3ccccc3)c2)cc1. The Morgan fingerprint density at radius 1 is 0.967 bits per heavy atom. The van der Waals surface area contributed by atoms with Crippen LogP contribution in [0.15, 0.2) is 77.7 Å². The minimum atomic E-state index is -3.78. The zero-order valence-electron chi connectivity index (χ0n) is 16.9. The van der Waals surface area contributed by atoms with Gasteiger partial charge in [0.1, 0.15) is 5.75 Å². The number of carbonyl (C=O) groups excluding carboxylic acids is 1. The highest BCUT2D eigenvalue weighted by Crippen LogP contribution is 2.20. The third-order valence-corrected chi connectivity index (χ3v) is 6.02. The predicted molar refractivity (Wildman–Crippen MR) is 117 cm³/mol. The Morgan fingerprint density at radius 2 is 1.67 bits per heavy atom. The van der Waals surface area contributed by atoms with Crippen LogP contribution in [0.4, 0.5) is 5.69 Å². The lowest BCUT2D eigenvalue weighted by Crippen LogP contribution is -2.24. The smallest absolute Gasteiger partial charge is 0.255 e. The summed E-state index contributed by atoms with van der Waals surface area (Å²) in [6.45, 7) is 4.33. The van der Waals surface area contributed by atoms with E-state index in [4.69, 9.17) is 4.74 Å². The molecule has 0 radical (unpaired) electrons. The minimum absolute atomic E-state index is 0.0813. The molecular weight excluding hydrogens is 400 g/mol. The van der Waals surface area contributed by atoms with Crippen LogP contribution in [0, 0.1) is 6.92 Å². The Balaban J connectivity index is 1.75. The molecule has 156 valence electrons. The number of hydrogen-bond donors (Lipinski definition) is 2. The number of aryl methyl sites for hydroxylation is 1. The fourth-order valence-corrected chi connectivity index (χ4v) is 4.17. The summed E-state index contributed by atoms with van der Waals surface area (Å²) in [5.41, 5.74) is 2.27. The molecular formula is C23H24N2O4S. The van der Waals surface area contributed by atoms with E-state index in [9.17, 15) is 13.2 Å². The van der Waals surface area contributed by atoms with Crippen molar-refractivity contribution in [2.45, 2.75) is 25.3 Å². The molecule has 0 spiro atoms. The van der Waals surface area contributed by atoms with Crippen LogP contribution in [-0.2, 0) is 16.6 Å². The Labute approximate surface area is 177 Å². The van der Waals surface area contributed by atoms with Crippen molar-refractivity contribution in [2.75, 3.05) is 11.9 Å². The third-order valence-electron chi connectivity index (χ3n) is 4.47. The van der Waals surface area contributed by atoms with E-state index in [1.165, 1.54) is 6.07 Å². The summed E-state index contributed by atoms with van der Waals surface area (Å²) in [4.78, 5) is 12.7.